The summed E-state index contributed by atoms with van der Waals surface area (Å²) in [6.07, 6.45) is 0. The number of rotatable bonds is 0. The van der Waals surface area contributed by atoms with E-state index in [2.05, 4.69) is 0 Å². The van der Waals surface area contributed by atoms with Crippen LogP contribution in [0.4, 0.5) is 0 Å². The molecule has 0 fully saturated rings. The Bertz CT molecular complexity index is 210. The van der Waals surface area contributed by atoms with Gasteiger partial charge in [0, 0.05) is 8.41 Å². The third-order valence-electron chi connectivity index (χ3n) is 0.903. The fraction of sp³-hybridized carbons (Fsp3) is 0. The average Bonchev–Trinajstić information content (AvgIpc) is 1.90. The van der Waals surface area contributed by atoms with E-state index >= 15 is 0 Å². The minimum atomic E-state index is 0. The summed E-state index contributed by atoms with van der Waals surface area (Å²) in [6.45, 7) is 0. The van der Waals surface area contributed by atoms with Crippen molar-refractivity contribution in [1.29, 1.82) is 5.26 Å². The first-order valence-electron chi connectivity index (χ1n) is 2.38. The average molecular weight is 223 g/mol. The van der Waals surface area contributed by atoms with Crippen LogP contribution in [-0.4, -0.2) is 8.41 Å². The van der Waals surface area contributed by atoms with Crippen LogP contribution in [0, 0.1) is 11.3 Å². The zero-order valence-corrected chi connectivity index (χ0v) is 8.59. The van der Waals surface area contributed by atoms with E-state index in [1.54, 1.807) is 12.1 Å². The SMILES string of the molecule is Cl.Cl.Cl.N#Cc1ccccc1.[B]. The maximum absolute atomic E-state index is 8.29. The van der Waals surface area contributed by atoms with Crippen molar-refractivity contribution >= 4 is 45.6 Å². The number of nitriles is 1. The molecule has 0 unspecified atom stereocenters. The lowest BCUT2D eigenvalue weighted by Crippen LogP contribution is -1.66. The molecule has 0 spiro atoms. The highest BCUT2D eigenvalue weighted by molar-refractivity contribution is 5.86. The molecule has 12 heavy (non-hydrogen) atoms. The first kappa shape index (κ1) is 22.6. The molecule has 0 aromatic heterocycles. The summed E-state index contributed by atoms with van der Waals surface area (Å²) >= 11 is 0. The quantitative estimate of drug-likeness (QED) is 0.620. The summed E-state index contributed by atoms with van der Waals surface area (Å²) in [5.41, 5.74) is 0.715. The Labute approximate surface area is 93.0 Å². The van der Waals surface area contributed by atoms with E-state index in [0.29, 0.717) is 5.56 Å². The van der Waals surface area contributed by atoms with Crippen LogP contribution in [0.1, 0.15) is 5.56 Å². The Morgan fingerprint density at radius 2 is 1.33 bits per heavy atom. The van der Waals surface area contributed by atoms with Crippen molar-refractivity contribution in [2.45, 2.75) is 0 Å². The van der Waals surface area contributed by atoms with Crippen molar-refractivity contribution in [2.75, 3.05) is 0 Å². The molecule has 1 aromatic carbocycles. The second-order valence-corrected chi connectivity index (χ2v) is 1.48. The van der Waals surface area contributed by atoms with Gasteiger partial charge in [0.1, 0.15) is 0 Å². The molecule has 0 aliphatic carbocycles. The van der Waals surface area contributed by atoms with Crippen LogP contribution in [0.25, 0.3) is 0 Å². The molecule has 1 nitrogen and oxygen atoms in total. The van der Waals surface area contributed by atoms with Gasteiger partial charge in [0.2, 0.25) is 0 Å². The van der Waals surface area contributed by atoms with Gasteiger partial charge in [-0.1, -0.05) is 18.2 Å². The van der Waals surface area contributed by atoms with Gasteiger partial charge >= 0.3 is 0 Å². The van der Waals surface area contributed by atoms with E-state index in [4.69, 9.17) is 5.26 Å². The molecule has 0 amide bonds. The van der Waals surface area contributed by atoms with Gasteiger partial charge in [-0.3, -0.25) is 0 Å². The zero-order valence-electron chi connectivity index (χ0n) is 6.14. The van der Waals surface area contributed by atoms with Gasteiger partial charge in [0.15, 0.2) is 0 Å². The molecule has 0 heterocycles. The van der Waals surface area contributed by atoms with E-state index in [-0.39, 0.29) is 45.6 Å². The minimum Gasteiger partial charge on any atom is -0.192 e. The van der Waals surface area contributed by atoms with Crippen LogP contribution in [0.5, 0.6) is 0 Å². The minimum absolute atomic E-state index is 0. The van der Waals surface area contributed by atoms with Crippen LogP contribution in [0.3, 0.4) is 0 Å². The Kier molecular flexibility index (Phi) is 24.9. The van der Waals surface area contributed by atoms with Crippen molar-refractivity contribution in [3.8, 4) is 6.07 Å². The van der Waals surface area contributed by atoms with Crippen molar-refractivity contribution in [1.82, 2.24) is 0 Å². The van der Waals surface area contributed by atoms with E-state index in [1.165, 1.54) is 0 Å². The molecule has 0 aliphatic rings. The Balaban J connectivity index is -0.0000000800. The van der Waals surface area contributed by atoms with Crippen LogP contribution < -0.4 is 0 Å². The summed E-state index contributed by atoms with van der Waals surface area (Å²) in [6, 6.07) is 11.2. The largest absolute Gasteiger partial charge is 0.192 e. The number of halogens is 3. The van der Waals surface area contributed by atoms with Crippen LogP contribution in [0.2, 0.25) is 0 Å². The Hall–Kier alpha value is -0.355. The normalized spacial score (nSPS) is 5.25. The molecule has 0 aliphatic heterocycles. The van der Waals surface area contributed by atoms with Crippen molar-refractivity contribution in [2.24, 2.45) is 0 Å². The number of nitrogens with zero attached hydrogens (tertiary/aromatic N) is 1. The maximum Gasteiger partial charge on any atom is 0.0991 e. The van der Waals surface area contributed by atoms with Crippen LogP contribution >= 0.6 is 37.2 Å². The van der Waals surface area contributed by atoms with Crippen LogP contribution in [-0.2, 0) is 0 Å². The third-order valence-corrected chi connectivity index (χ3v) is 0.903. The van der Waals surface area contributed by atoms with E-state index in [9.17, 15) is 0 Å². The number of hydrogen-bond donors (Lipinski definition) is 0. The molecule has 3 radical (unpaired) electrons. The fourth-order valence-corrected chi connectivity index (χ4v) is 0.513. The predicted molar refractivity (Wildman–Crippen MR) is 58.7 cm³/mol. The summed E-state index contributed by atoms with van der Waals surface area (Å²) < 4.78 is 0. The first-order valence-corrected chi connectivity index (χ1v) is 2.38. The Morgan fingerprint density at radius 3 is 1.58 bits per heavy atom. The second kappa shape index (κ2) is 13.3. The molecule has 0 saturated carbocycles. The van der Waals surface area contributed by atoms with Gasteiger partial charge < -0.3 is 0 Å². The smallest absolute Gasteiger partial charge is 0.0991 e. The van der Waals surface area contributed by atoms with E-state index in [0.717, 1.165) is 0 Å². The van der Waals surface area contributed by atoms with Gasteiger partial charge in [-0.05, 0) is 12.1 Å². The molecule has 65 valence electrons. The molecular formula is C7H8BCl3N. The number of hydrogen-bond acceptors (Lipinski definition) is 1. The lowest BCUT2D eigenvalue weighted by atomic mass is 10.2. The van der Waals surface area contributed by atoms with Gasteiger partial charge in [-0.2, -0.15) is 5.26 Å². The molecule has 0 N–H and O–H groups in total. The van der Waals surface area contributed by atoms with Crippen LogP contribution in [0.15, 0.2) is 30.3 Å². The topological polar surface area (TPSA) is 23.8 Å². The summed E-state index contributed by atoms with van der Waals surface area (Å²) in [4.78, 5) is 0. The maximum atomic E-state index is 8.29. The summed E-state index contributed by atoms with van der Waals surface area (Å²) in [5.74, 6) is 0. The molecule has 1 rings (SSSR count). The third kappa shape index (κ3) is 7.75. The lowest BCUT2D eigenvalue weighted by Gasteiger charge is -1.80. The highest BCUT2D eigenvalue weighted by Gasteiger charge is 1.79. The van der Waals surface area contributed by atoms with Gasteiger partial charge in [0.05, 0.1) is 11.6 Å². The molecule has 0 atom stereocenters. The Morgan fingerprint density at radius 1 is 0.917 bits per heavy atom. The number of benzene rings is 1. The van der Waals surface area contributed by atoms with Crippen molar-refractivity contribution < 1.29 is 0 Å². The van der Waals surface area contributed by atoms with Crippen molar-refractivity contribution in [3.05, 3.63) is 35.9 Å². The molecule has 0 bridgehead atoms. The van der Waals surface area contributed by atoms with Gasteiger partial charge in [-0.15, -0.1) is 37.2 Å². The summed E-state index contributed by atoms with van der Waals surface area (Å²) in [5, 5.41) is 8.29. The molecule has 0 saturated heterocycles. The van der Waals surface area contributed by atoms with E-state index in [1.807, 2.05) is 24.3 Å². The highest BCUT2D eigenvalue weighted by Crippen LogP contribution is 1.92. The standard InChI is InChI=1S/C7H5N.B.3ClH/c8-6-7-4-2-1-3-5-7;;;;/h1-5H;;3*1H. The zero-order chi connectivity index (χ0) is 5.82. The first-order chi connectivity index (χ1) is 3.93. The molecule has 5 heteroatoms. The molecule has 1 aromatic rings. The summed E-state index contributed by atoms with van der Waals surface area (Å²) in [7, 11) is 0. The lowest BCUT2D eigenvalue weighted by molar-refractivity contribution is 1.49. The fourth-order valence-electron chi connectivity index (χ4n) is 0.513. The predicted octanol–water partition coefficient (Wildman–Crippen LogP) is 2.44. The highest BCUT2D eigenvalue weighted by atomic mass is 35.5. The van der Waals surface area contributed by atoms with Gasteiger partial charge in [-0.25, -0.2) is 0 Å². The molecular weight excluding hydrogens is 215 g/mol. The monoisotopic (exact) mass is 222 g/mol. The van der Waals surface area contributed by atoms with Crippen molar-refractivity contribution in [3.63, 3.8) is 0 Å². The van der Waals surface area contributed by atoms with E-state index < -0.39 is 0 Å². The van der Waals surface area contributed by atoms with Gasteiger partial charge in [0.25, 0.3) is 0 Å². The second-order valence-electron chi connectivity index (χ2n) is 1.48.